The minimum atomic E-state index is 0.154. The van der Waals surface area contributed by atoms with E-state index in [1.807, 2.05) is 19.1 Å². The summed E-state index contributed by atoms with van der Waals surface area (Å²) >= 11 is 0. The molecule has 0 spiro atoms. The average molecular weight is 196 g/mol. The van der Waals surface area contributed by atoms with E-state index in [9.17, 15) is 0 Å². The molecule has 0 aliphatic heterocycles. The molecule has 2 heteroatoms. The molecule has 1 rings (SSSR count). The molecule has 1 heterocycles. The fourth-order valence-corrected chi connectivity index (χ4v) is 1.56. The maximum atomic E-state index is 5.64. The molecule has 0 N–H and O–H groups in total. The number of hydrogen-bond acceptors (Lipinski definition) is 2. The van der Waals surface area contributed by atoms with E-state index in [-0.39, 0.29) is 6.10 Å². The lowest BCUT2D eigenvalue weighted by Crippen LogP contribution is -2.03. The molecule has 0 aliphatic rings. The summed E-state index contributed by atoms with van der Waals surface area (Å²) in [5.74, 6) is 0.961. The fourth-order valence-electron chi connectivity index (χ4n) is 1.56. The molecule has 1 unspecified atom stereocenters. The van der Waals surface area contributed by atoms with E-state index in [1.54, 1.807) is 6.26 Å². The molecule has 0 amide bonds. The highest BCUT2D eigenvalue weighted by Crippen LogP contribution is 2.23. The van der Waals surface area contributed by atoms with Crippen molar-refractivity contribution in [3.05, 3.63) is 24.2 Å². The summed E-state index contributed by atoms with van der Waals surface area (Å²) in [4.78, 5) is 0. The van der Waals surface area contributed by atoms with Crippen molar-refractivity contribution >= 4 is 0 Å². The van der Waals surface area contributed by atoms with E-state index in [0.29, 0.717) is 0 Å². The van der Waals surface area contributed by atoms with Gasteiger partial charge in [-0.15, -0.1) is 0 Å². The smallest absolute Gasteiger partial charge is 0.132 e. The monoisotopic (exact) mass is 196 g/mol. The SMILES string of the molecule is CCCCCC(OCC)c1ccco1. The Morgan fingerprint density at radius 3 is 2.79 bits per heavy atom. The first-order chi connectivity index (χ1) is 6.88. The quantitative estimate of drug-likeness (QED) is 0.616. The minimum Gasteiger partial charge on any atom is -0.467 e. The van der Waals surface area contributed by atoms with Gasteiger partial charge >= 0.3 is 0 Å². The zero-order valence-corrected chi connectivity index (χ0v) is 9.16. The molecule has 0 radical (unpaired) electrons. The minimum absolute atomic E-state index is 0.154. The highest BCUT2D eigenvalue weighted by atomic mass is 16.5. The second kappa shape index (κ2) is 6.66. The summed E-state index contributed by atoms with van der Waals surface area (Å²) in [5, 5.41) is 0. The summed E-state index contributed by atoms with van der Waals surface area (Å²) < 4.78 is 11.0. The van der Waals surface area contributed by atoms with Crippen LogP contribution in [0.1, 0.15) is 51.4 Å². The van der Waals surface area contributed by atoms with E-state index >= 15 is 0 Å². The Kier molecular flexibility index (Phi) is 5.38. The van der Waals surface area contributed by atoms with Crippen molar-refractivity contribution in [3.63, 3.8) is 0 Å². The molecule has 0 saturated heterocycles. The topological polar surface area (TPSA) is 22.4 Å². The second-order valence-electron chi connectivity index (χ2n) is 3.46. The standard InChI is InChI=1S/C12H20O2/c1-3-5-6-8-11(13-4-2)12-9-7-10-14-12/h7,9-11H,3-6,8H2,1-2H3. The molecular weight excluding hydrogens is 176 g/mol. The van der Waals surface area contributed by atoms with Crippen LogP contribution < -0.4 is 0 Å². The van der Waals surface area contributed by atoms with Crippen LogP contribution in [0.2, 0.25) is 0 Å². The Morgan fingerprint density at radius 2 is 2.21 bits per heavy atom. The number of unbranched alkanes of at least 4 members (excludes halogenated alkanes) is 2. The summed E-state index contributed by atoms with van der Waals surface area (Å²) in [6.45, 7) is 4.98. The molecule has 2 nitrogen and oxygen atoms in total. The Hall–Kier alpha value is -0.760. The third-order valence-electron chi connectivity index (χ3n) is 2.30. The molecule has 80 valence electrons. The van der Waals surface area contributed by atoms with Gasteiger partial charge in [0.2, 0.25) is 0 Å². The van der Waals surface area contributed by atoms with Crippen LogP contribution in [-0.4, -0.2) is 6.61 Å². The Bertz CT molecular complexity index is 216. The van der Waals surface area contributed by atoms with Crippen LogP contribution in [0.25, 0.3) is 0 Å². The predicted molar refractivity (Wildman–Crippen MR) is 57.2 cm³/mol. The molecule has 0 bridgehead atoms. The first-order valence-corrected chi connectivity index (χ1v) is 5.53. The first kappa shape index (κ1) is 11.3. The van der Waals surface area contributed by atoms with E-state index in [1.165, 1.54) is 19.3 Å². The van der Waals surface area contributed by atoms with Gasteiger partial charge in [0.15, 0.2) is 0 Å². The van der Waals surface area contributed by atoms with E-state index in [2.05, 4.69) is 6.92 Å². The van der Waals surface area contributed by atoms with Gasteiger partial charge in [-0.25, -0.2) is 0 Å². The molecule has 0 aliphatic carbocycles. The van der Waals surface area contributed by atoms with Crippen molar-refractivity contribution in [1.29, 1.82) is 0 Å². The fraction of sp³-hybridized carbons (Fsp3) is 0.667. The summed E-state index contributed by atoms with van der Waals surface area (Å²) in [6, 6.07) is 3.91. The third-order valence-corrected chi connectivity index (χ3v) is 2.30. The lowest BCUT2D eigenvalue weighted by molar-refractivity contribution is 0.0388. The second-order valence-corrected chi connectivity index (χ2v) is 3.46. The van der Waals surface area contributed by atoms with Crippen LogP contribution in [0.15, 0.2) is 22.8 Å². The van der Waals surface area contributed by atoms with Gasteiger partial charge in [0.1, 0.15) is 11.9 Å². The normalized spacial score (nSPS) is 13.0. The lowest BCUT2D eigenvalue weighted by Gasteiger charge is -2.13. The van der Waals surface area contributed by atoms with Crippen LogP contribution in [0, 0.1) is 0 Å². The van der Waals surface area contributed by atoms with Gasteiger partial charge in [-0.1, -0.05) is 26.2 Å². The van der Waals surface area contributed by atoms with Crippen molar-refractivity contribution in [2.24, 2.45) is 0 Å². The molecule has 0 aromatic carbocycles. The van der Waals surface area contributed by atoms with Gasteiger partial charge in [0.05, 0.1) is 6.26 Å². The first-order valence-electron chi connectivity index (χ1n) is 5.53. The van der Waals surface area contributed by atoms with Gasteiger partial charge in [-0.05, 0) is 25.5 Å². The van der Waals surface area contributed by atoms with Crippen molar-refractivity contribution < 1.29 is 9.15 Å². The van der Waals surface area contributed by atoms with Gasteiger partial charge in [0, 0.05) is 6.61 Å². The van der Waals surface area contributed by atoms with Crippen LogP contribution in [0.3, 0.4) is 0 Å². The van der Waals surface area contributed by atoms with Crippen LogP contribution in [0.4, 0.5) is 0 Å². The Morgan fingerprint density at radius 1 is 1.36 bits per heavy atom. The van der Waals surface area contributed by atoms with Gasteiger partial charge in [-0.2, -0.15) is 0 Å². The third kappa shape index (κ3) is 3.54. The summed E-state index contributed by atoms with van der Waals surface area (Å²) in [7, 11) is 0. The largest absolute Gasteiger partial charge is 0.467 e. The molecule has 1 atom stereocenters. The molecule has 1 aromatic heterocycles. The zero-order valence-electron chi connectivity index (χ0n) is 9.16. The van der Waals surface area contributed by atoms with Crippen LogP contribution >= 0.6 is 0 Å². The Labute approximate surface area is 86.3 Å². The predicted octanol–water partition coefficient (Wildman–Crippen LogP) is 3.94. The van der Waals surface area contributed by atoms with Crippen molar-refractivity contribution in [2.45, 2.75) is 45.6 Å². The van der Waals surface area contributed by atoms with Gasteiger partial charge in [0.25, 0.3) is 0 Å². The number of furan rings is 1. The van der Waals surface area contributed by atoms with Gasteiger partial charge < -0.3 is 9.15 Å². The highest BCUT2D eigenvalue weighted by Gasteiger charge is 2.13. The van der Waals surface area contributed by atoms with Crippen LogP contribution in [0.5, 0.6) is 0 Å². The summed E-state index contributed by atoms with van der Waals surface area (Å²) in [5.41, 5.74) is 0. The lowest BCUT2D eigenvalue weighted by atomic mass is 10.1. The van der Waals surface area contributed by atoms with E-state index in [0.717, 1.165) is 18.8 Å². The zero-order chi connectivity index (χ0) is 10.2. The molecule has 0 saturated carbocycles. The number of rotatable bonds is 7. The molecule has 0 fully saturated rings. The van der Waals surface area contributed by atoms with Crippen molar-refractivity contribution in [3.8, 4) is 0 Å². The van der Waals surface area contributed by atoms with Crippen molar-refractivity contribution in [1.82, 2.24) is 0 Å². The summed E-state index contributed by atoms with van der Waals surface area (Å²) in [6.07, 6.45) is 6.65. The van der Waals surface area contributed by atoms with Crippen LogP contribution in [-0.2, 0) is 4.74 Å². The molecule has 14 heavy (non-hydrogen) atoms. The van der Waals surface area contributed by atoms with Crippen molar-refractivity contribution in [2.75, 3.05) is 6.61 Å². The number of ether oxygens (including phenoxy) is 1. The Balaban J connectivity index is 2.39. The maximum absolute atomic E-state index is 5.64. The highest BCUT2D eigenvalue weighted by molar-refractivity contribution is 5.02. The number of hydrogen-bond donors (Lipinski definition) is 0. The molecule has 1 aromatic rings. The van der Waals surface area contributed by atoms with E-state index < -0.39 is 0 Å². The van der Waals surface area contributed by atoms with Gasteiger partial charge in [-0.3, -0.25) is 0 Å². The molecular formula is C12H20O2. The van der Waals surface area contributed by atoms with E-state index in [4.69, 9.17) is 9.15 Å². The maximum Gasteiger partial charge on any atom is 0.132 e. The average Bonchev–Trinajstić information content (AvgIpc) is 2.70.